The van der Waals surface area contributed by atoms with Crippen molar-refractivity contribution < 1.29 is 27.6 Å². The Labute approximate surface area is 227 Å². The molecular weight excluding hydrogens is 638 g/mol. The summed E-state index contributed by atoms with van der Waals surface area (Å²) in [5, 5.41) is 11.2. The number of non-ortho nitro benzene ring substituents is 1. The van der Waals surface area contributed by atoms with E-state index >= 15 is 0 Å². The summed E-state index contributed by atoms with van der Waals surface area (Å²) < 4.78 is 46.1. The van der Waals surface area contributed by atoms with Gasteiger partial charge < -0.3 is 14.2 Å². The third kappa shape index (κ3) is 5.08. The first-order valence-corrected chi connectivity index (χ1v) is 13.6. The molecule has 14 heteroatoms. The van der Waals surface area contributed by atoms with Gasteiger partial charge in [0.15, 0.2) is 0 Å². The SMILES string of the molecule is COc1ccc(S(=O)(=O)n2c3ccc(OC)cc3c(=O)n2CCOc2c(Br)cc([N+](=O)[O-])cc2Br)cc1. The van der Waals surface area contributed by atoms with Crippen LogP contribution in [0.2, 0.25) is 0 Å². The minimum Gasteiger partial charge on any atom is -0.497 e. The Morgan fingerprint density at radius 2 is 1.54 bits per heavy atom. The molecule has 0 N–H and O–H groups in total. The van der Waals surface area contributed by atoms with Crippen molar-refractivity contribution in [2.75, 3.05) is 20.8 Å². The van der Waals surface area contributed by atoms with E-state index in [9.17, 15) is 23.3 Å². The van der Waals surface area contributed by atoms with Crippen LogP contribution in [0, 0.1) is 10.1 Å². The zero-order chi connectivity index (χ0) is 26.9. The van der Waals surface area contributed by atoms with Crippen LogP contribution in [0.5, 0.6) is 17.2 Å². The summed E-state index contributed by atoms with van der Waals surface area (Å²) in [7, 11) is -1.30. The van der Waals surface area contributed by atoms with E-state index in [0.717, 1.165) is 8.77 Å². The second kappa shape index (κ2) is 10.6. The van der Waals surface area contributed by atoms with Gasteiger partial charge in [0.25, 0.3) is 21.3 Å². The number of hydrogen-bond donors (Lipinski definition) is 0. The second-order valence-corrected chi connectivity index (χ2v) is 11.1. The van der Waals surface area contributed by atoms with Gasteiger partial charge in [0.05, 0.1) is 50.4 Å². The van der Waals surface area contributed by atoms with Crippen LogP contribution >= 0.6 is 31.9 Å². The highest BCUT2D eigenvalue weighted by Crippen LogP contribution is 2.37. The molecule has 1 heterocycles. The third-order valence-corrected chi connectivity index (χ3v) is 8.32. The lowest BCUT2D eigenvalue weighted by atomic mass is 10.2. The standard InChI is InChI=1S/C23H19Br2N3O8S/c1-34-15-3-6-17(7-4-15)37(32,33)27-21-8-5-16(35-2)13-18(21)23(29)26(27)9-10-36-22-19(24)11-14(28(30)31)12-20(22)25/h3-8,11-13H,9-10H2,1-2H3. The van der Waals surface area contributed by atoms with Gasteiger partial charge in [-0.3, -0.25) is 14.9 Å². The van der Waals surface area contributed by atoms with E-state index in [1.165, 1.54) is 62.8 Å². The zero-order valence-corrected chi connectivity index (χ0v) is 23.4. The highest BCUT2D eigenvalue weighted by molar-refractivity contribution is 9.11. The number of methoxy groups -OCH3 is 2. The molecule has 0 bridgehead atoms. The van der Waals surface area contributed by atoms with Crippen LogP contribution in [-0.2, 0) is 16.6 Å². The van der Waals surface area contributed by atoms with Crippen molar-refractivity contribution in [3.05, 3.63) is 84.0 Å². The molecular formula is C23H19Br2N3O8S. The fourth-order valence-corrected chi connectivity index (χ4v) is 6.56. The summed E-state index contributed by atoms with van der Waals surface area (Å²) in [5.41, 5.74) is -0.544. The topological polar surface area (TPSA) is 132 Å². The predicted molar refractivity (Wildman–Crippen MR) is 142 cm³/mol. The molecule has 4 rings (SSSR count). The van der Waals surface area contributed by atoms with Gasteiger partial charge in [-0.05, 0) is 74.3 Å². The molecule has 0 aliphatic carbocycles. The number of nitrogens with zero attached hydrogens (tertiary/aromatic N) is 3. The smallest absolute Gasteiger partial charge is 0.282 e. The molecule has 0 radical (unpaired) electrons. The Morgan fingerprint density at radius 1 is 0.946 bits per heavy atom. The number of nitro benzene ring substituents is 1. The van der Waals surface area contributed by atoms with Crippen molar-refractivity contribution in [1.82, 2.24) is 8.77 Å². The first kappa shape index (κ1) is 26.7. The van der Waals surface area contributed by atoms with Gasteiger partial charge in [-0.2, -0.15) is 12.5 Å². The number of halogens is 2. The van der Waals surface area contributed by atoms with Crippen LogP contribution in [0.15, 0.2) is 73.2 Å². The highest BCUT2D eigenvalue weighted by atomic mass is 79.9. The maximum Gasteiger partial charge on any atom is 0.282 e. The number of fused-ring (bicyclic) bond motifs is 1. The number of hydrogen-bond acceptors (Lipinski definition) is 8. The van der Waals surface area contributed by atoms with Crippen molar-refractivity contribution in [2.24, 2.45) is 0 Å². The Kier molecular flexibility index (Phi) is 7.62. The minimum atomic E-state index is -4.21. The van der Waals surface area contributed by atoms with Crippen LogP contribution in [0.4, 0.5) is 5.69 Å². The van der Waals surface area contributed by atoms with Crippen molar-refractivity contribution in [2.45, 2.75) is 11.4 Å². The molecule has 0 fully saturated rings. The van der Waals surface area contributed by atoms with Crippen LogP contribution in [0.1, 0.15) is 0 Å². The van der Waals surface area contributed by atoms with E-state index in [2.05, 4.69) is 31.9 Å². The minimum absolute atomic E-state index is 0.0449. The van der Waals surface area contributed by atoms with Gasteiger partial charge >= 0.3 is 0 Å². The average molecular weight is 657 g/mol. The normalized spacial score (nSPS) is 11.5. The van der Waals surface area contributed by atoms with Gasteiger partial charge in [0.2, 0.25) is 0 Å². The quantitative estimate of drug-likeness (QED) is 0.189. The van der Waals surface area contributed by atoms with Crippen molar-refractivity contribution >= 4 is 58.5 Å². The molecule has 11 nitrogen and oxygen atoms in total. The Morgan fingerprint density at radius 3 is 2.11 bits per heavy atom. The molecule has 0 unspecified atom stereocenters. The summed E-state index contributed by atoms with van der Waals surface area (Å²) in [5.74, 6) is 1.14. The van der Waals surface area contributed by atoms with Gasteiger partial charge in [-0.15, -0.1) is 0 Å². The van der Waals surface area contributed by atoms with Crippen molar-refractivity contribution in [3.8, 4) is 17.2 Å². The fourth-order valence-electron chi connectivity index (χ4n) is 3.65. The first-order valence-electron chi connectivity index (χ1n) is 10.5. The van der Waals surface area contributed by atoms with E-state index in [-0.39, 0.29) is 40.4 Å². The number of rotatable bonds is 9. The molecule has 0 aliphatic heterocycles. The first-order chi connectivity index (χ1) is 17.6. The number of benzene rings is 3. The van der Waals surface area contributed by atoms with Crippen LogP contribution in [-0.4, -0.2) is 42.9 Å². The van der Waals surface area contributed by atoms with E-state index in [4.69, 9.17) is 14.2 Å². The number of nitro groups is 1. The highest BCUT2D eigenvalue weighted by Gasteiger charge is 2.26. The van der Waals surface area contributed by atoms with Crippen LogP contribution in [0.25, 0.3) is 10.9 Å². The van der Waals surface area contributed by atoms with E-state index < -0.39 is 20.5 Å². The van der Waals surface area contributed by atoms with Gasteiger partial charge in [0, 0.05) is 12.1 Å². The Hall–Kier alpha value is -3.36. The van der Waals surface area contributed by atoms with Crippen molar-refractivity contribution in [1.29, 1.82) is 0 Å². The maximum atomic E-state index is 13.7. The van der Waals surface area contributed by atoms with Gasteiger partial charge in [0.1, 0.15) is 23.9 Å². The lowest BCUT2D eigenvalue weighted by molar-refractivity contribution is -0.385. The summed E-state index contributed by atoms with van der Waals surface area (Å²) in [6, 6.07) is 12.9. The summed E-state index contributed by atoms with van der Waals surface area (Å²) >= 11 is 6.49. The Balaban J connectivity index is 1.77. The van der Waals surface area contributed by atoms with E-state index in [1.807, 2.05) is 0 Å². The second-order valence-electron chi connectivity index (χ2n) is 7.58. The molecule has 1 aromatic heterocycles. The summed E-state index contributed by atoms with van der Waals surface area (Å²) in [6.45, 7) is -0.276. The monoisotopic (exact) mass is 655 g/mol. The third-order valence-electron chi connectivity index (χ3n) is 5.42. The number of aromatic nitrogens is 2. The average Bonchev–Trinajstić information content (AvgIpc) is 3.16. The summed E-state index contributed by atoms with van der Waals surface area (Å²) in [6.07, 6.45) is 0. The predicted octanol–water partition coefficient (Wildman–Crippen LogP) is 4.57. The molecule has 0 amide bonds. The molecule has 37 heavy (non-hydrogen) atoms. The lowest BCUT2D eigenvalue weighted by Crippen LogP contribution is -2.30. The number of ether oxygens (including phenoxy) is 3. The van der Waals surface area contributed by atoms with Gasteiger partial charge in [-0.1, -0.05) is 0 Å². The van der Waals surface area contributed by atoms with E-state index in [0.29, 0.717) is 20.4 Å². The van der Waals surface area contributed by atoms with Crippen LogP contribution in [0.3, 0.4) is 0 Å². The zero-order valence-electron chi connectivity index (χ0n) is 19.4. The molecule has 3 aromatic carbocycles. The Bertz CT molecular complexity index is 1640. The molecule has 0 atom stereocenters. The van der Waals surface area contributed by atoms with E-state index in [1.54, 1.807) is 6.07 Å². The maximum absolute atomic E-state index is 13.7. The largest absolute Gasteiger partial charge is 0.497 e. The summed E-state index contributed by atoms with van der Waals surface area (Å²) in [4.78, 5) is 23.8. The molecule has 0 aliphatic rings. The lowest BCUT2D eigenvalue weighted by Gasteiger charge is -2.15. The van der Waals surface area contributed by atoms with Crippen molar-refractivity contribution in [3.63, 3.8) is 0 Å². The molecule has 194 valence electrons. The molecule has 4 aromatic rings. The molecule has 0 saturated carbocycles. The van der Waals surface area contributed by atoms with Gasteiger partial charge in [-0.25, -0.2) is 4.68 Å². The fraction of sp³-hybridized carbons (Fsp3) is 0.174. The van der Waals surface area contributed by atoms with Crippen LogP contribution < -0.4 is 19.8 Å². The molecule has 0 saturated heterocycles. The molecule has 0 spiro atoms.